The minimum Gasteiger partial charge on any atom is -0.497 e. The number of aromatic nitrogens is 5. The van der Waals surface area contributed by atoms with E-state index in [1.165, 1.54) is 16.7 Å². The molecule has 0 saturated carbocycles. The van der Waals surface area contributed by atoms with Crippen LogP contribution < -0.4 is 9.53 Å². The van der Waals surface area contributed by atoms with Gasteiger partial charge in [-0.25, -0.2) is 0 Å². The molecule has 0 radical (unpaired) electrons. The number of methoxy groups -OCH3 is 1. The predicted molar refractivity (Wildman–Crippen MR) is 85.5 cm³/mol. The first kappa shape index (κ1) is 15.1. The quantitative estimate of drug-likeness (QED) is 0.675. The van der Waals surface area contributed by atoms with Crippen molar-refractivity contribution in [3.8, 4) is 11.4 Å². The molecule has 3 aromatic rings. The lowest BCUT2D eigenvalue weighted by molar-refractivity contribution is -0.822. The number of hydrogen-bond donors (Lipinski definition) is 0. The number of benzene rings is 2. The second-order valence-corrected chi connectivity index (χ2v) is 5.52. The lowest BCUT2D eigenvalue weighted by Crippen LogP contribution is -2.46. The van der Waals surface area contributed by atoms with E-state index in [0.717, 1.165) is 17.9 Å². The summed E-state index contributed by atoms with van der Waals surface area (Å²) < 4.78 is 5.18. The number of ether oxygens (including phenoxy) is 1. The minimum absolute atomic E-state index is 0.701. The first-order valence-corrected chi connectivity index (χ1v) is 7.57. The zero-order valence-corrected chi connectivity index (χ0v) is 13.6. The fourth-order valence-electron chi connectivity index (χ4n) is 2.38. The maximum absolute atomic E-state index is 5.18. The van der Waals surface area contributed by atoms with Crippen LogP contribution in [-0.4, -0.2) is 27.5 Å². The highest BCUT2D eigenvalue weighted by molar-refractivity contribution is 5.37. The summed E-state index contributed by atoms with van der Waals surface area (Å²) >= 11 is 0. The number of aryl methyl sites for hydroxylation is 4. The molecule has 0 amide bonds. The lowest BCUT2D eigenvalue weighted by Gasteiger charge is -2.05. The Bertz CT molecular complexity index is 795. The van der Waals surface area contributed by atoms with E-state index in [9.17, 15) is 0 Å². The van der Waals surface area contributed by atoms with Gasteiger partial charge < -0.3 is 4.74 Å². The van der Waals surface area contributed by atoms with E-state index < -0.39 is 0 Å². The highest BCUT2D eigenvalue weighted by Gasteiger charge is 2.14. The highest BCUT2D eigenvalue weighted by Crippen LogP contribution is 2.12. The Labute approximate surface area is 135 Å². The Morgan fingerprint density at radius 1 is 1.04 bits per heavy atom. The van der Waals surface area contributed by atoms with E-state index in [1.807, 2.05) is 18.2 Å². The van der Waals surface area contributed by atoms with Crippen molar-refractivity contribution in [2.24, 2.45) is 0 Å². The van der Waals surface area contributed by atoms with Crippen LogP contribution in [0.3, 0.4) is 0 Å². The van der Waals surface area contributed by atoms with Gasteiger partial charge in [-0.2, -0.15) is 0 Å². The fourth-order valence-corrected chi connectivity index (χ4v) is 2.38. The van der Waals surface area contributed by atoms with Gasteiger partial charge >= 0.3 is 0 Å². The summed E-state index contributed by atoms with van der Waals surface area (Å²) in [5.74, 6) is 0.862. The molecule has 0 N–H and O–H groups in total. The first-order valence-electron chi connectivity index (χ1n) is 7.57. The zero-order valence-electron chi connectivity index (χ0n) is 13.6. The molecule has 0 atom stereocenters. The fraction of sp³-hybridized carbons (Fsp3) is 0.294. The molecule has 0 aliphatic carbocycles. The Balaban J connectivity index is 1.76. The Kier molecular flexibility index (Phi) is 4.32. The summed E-state index contributed by atoms with van der Waals surface area (Å²) in [5, 5.41) is 12.0. The van der Waals surface area contributed by atoms with Crippen LogP contribution in [-0.2, 0) is 13.0 Å². The van der Waals surface area contributed by atoms with Crippen LogP contribution >= 0.6 is 0 Å². The van der Waals surface area contributed by atoms with Gasteiger partial charge in [0.1, 0.15) is 23.2 Å². The van der Waals surface area contributed by atoms with Crippen molar-refractivity contribution in [3.05, 3.63) is 59.2 Å². The van der Waals surface area contributed by atoms with Crippen molar-refractivity contribution in [1.29, 1.82) is 0 Å². The van der Waals surface area contributed by atoms with Crippen molar-refractivity contribution in [2.45, 2.75) is 26.8 Å². The van der Waals surface area contributed by atoms with Crippen LogP contribution in [0.4, 0.5) is 0 Å². The second-order valence-electron chi connectivity index (χ2n) is 5.52. The van der Waals surface area contributed by atoms with Crippen LogP contribution in [0.5, 0.6) is 5.75 Å². The SMILES string of the molecule is COc1ccc(CC[n+]2nnnn2-c2ccc(C)c(C)c2)cc1. The van der Waals surface area contributed by atoms with Crippen molar-refractivity contribution in [2.75, 3.05) is 7.11 Å². The van der Waals surface area contributed by atoms with Crippen molar-refractivity contribution >= 4 is 0 Å². The zero-order chi connectivity index (χ0) is 16.2. The van der Waals surface area contributed by atoms with E-state index >= 15 is 0 Å². The molecule has 0 aliphatic heterocycles. The molecule has 0 spiro atoms. The molecule has 23 heavy (non-hydrogen) atoms. The van der Waals surface area contributed by atoms with Crippen molar-refractivity contribution in [1.82, 2.24) is 20.4 Å². The number of hydrogen-bond acceptors (Lipinski definition) is 4. The molecule has 0 fully saturated rings. The van der Waals surface area contributed by atoms with E-state index in [-0.39, 0.29) is 0 Å². The van der Waals surface area contributed by atoms with Crippen LogP contribution in [0.15, 0.2) is 42.5 Å². The molecule has 1 heterocycles. The highest BCUT2D eigenvalue weighted by atomic mass is 16.5. The van der Waals surface area contributed by atoms with Gasteiger partial charge in [-0.3, -0.25) is 0 Å². The smallest absolute Gasteiger partial charge is 0.231 e. The third kappa shape index (κ3) is 3.36. The van der Waals surface area contributed by atoms with Gasteiger partial charge in [-0.05, 0) is 59.6 Å². The topological polar surface area (TPSA) is 56.7 Å². The van der Waals surface area contributed by atoms with E-state index in [1.54, 1.807) is 16.7 Å². The number of nitrogens with zero attached hydrogens (tertiary/aromatic N) is 5. The van der Waals surface area contributed by atoms with Gasteiger partial charge in [-0.1, -0.05) is 23.0 Å². The predicted octanol–water partition coefficient (Wildman–Crippen LogP) is 1.82. The summed E-state index contributed by atoms with van der Waals surface area (Å²) in [7, 11) is 1.67. The molecule has 1 aromatic heterocycles. The molecule has 6 heteroatoms. The van der Waals surface area contributed by atoms with Crippen LogP contribution in [0.25, 0.3) is 5.69 Å². The van der Waals surface area contributed by atoms with Crippen molar-refractivity contribution in [3.63, 3.8) is 0 Å². The maximum Gasteiger partial charge on any atom is 0.231 e. The molecule has 3 rings (SSSR count). The molecule has 0 aliphatic rings. The monoisotopic (exact) mass is 310 g/mol. The molecule has 0 unspecified atom stereocenters. The molecule has 118 valence electrons. The molecule has 0 bridgehead atoms. The summed E-state index contributed by atoms with van der Waals surface area (Å²) in [5.41, 5.74) is 4.66. The van der Waals surface area contributed by atoms with Gasteiger partial charge in [0.2, 0.25) is 10.4 Å². The summed E-state index contributed by atoms with van der Waals surface area (Å²) in [6, 6.07) is 14.3. The molecular formula is C17H20N5O+. The maximum atomic E-state index is 5.18. The van der Waals surface area contributed by atoms with E-state index in [4.69, 9.17) is 4.74 Å². The Morgan fingerprint density at radius 3 is 2.52 bits per heavy atom. The third-order valence-corrected chi connectivity index (χ3v) is 3.97. The average Bonchev–Trinajstić information content (AvgIpc) is 3.04. The normalized spacial score (nSPS) is 10.7. The second kappa shape index (κ2) is 6.56. The molecule has 0 saturated heterocycles. The van der Waals surface area contributed by atoms with Crippen LogP contribution in [0.1, 0.15) is 16.7 Å². The van der Waals surface area contributed by atoms with Gasteiger partial charge in [-0.15, -0.1) is 0 Å². The van der Waals surface area contributed by atoms with Gasteiger partial charge in [0.15, 0.2) is 0 Å². The summed E-state index contributed by atoms with van der Waals surface area (Å²) in [4.78, 5) is 3.50. The standard InChI is InChI=1S/C17H20N5O/c1-13-4-7-16(12-14(13)2)22-20-18-19-21(22)11-10-15-5-8-17(23-3)9-6-15/h4-9,12H,10-11H2,1-3H3/q+1. The van der Waals surface area contributed by atoms with Gasteiger partial charge in [0.25, 0.3) is 0 Å². The Morgan fingerprint density at radius 2 is 1.83 bits per heavy atom. The summed E-state index contributed by atoms with van der Waals surface area (Å²) in [6.07, 6.45) is 0.847. The average molecular weight is 310 g/mol. The number of rotatable bonds is 5. The third-order valence-electron chi connectivity index (χ3n) is 3.97. The van der Waals surface area contributed by atoms with Crippen molar-refractivity contribution < 1.29 is 9.53 Å². The van der Waals surface area contributed by atoms with Crippen LogP contribution in [0.2, 0.25) is 0 Å². The van der Waals surface area contributed by atoms with Gasteiger partial charge in [0.05, 0.1) is 7.11 Å². The minimum atomic E-state index is 0.701. The van der Waals surface area contributed by atoms with E-state index in [2.05, 4.69) is 53.8 Å². The lowest BCUT2D eigenvalue weighted by atomic mass is 10.1. The van der Waals surface area contributed by atoms with E-state index in [0.29, 0.717) is 6.54 Å². The molecule has 6 nitrogen and oxygen atoms in total. The molecular weight excluding hydrogens is 290 g/mol. The van der Waals surface area contributed by atoms with Gasteiger partial charge in [0, 0.05) is 6.42 Å². The first-order chi connectivity index (χ1) is 11.2. The summed E-state index contributed by atoms with van der Waals surface area (Å²) in [6.45, 7) is 4.88. The largest absolute Gasteiger partial charge is 0.497 e. The van der Waals surface area contributed by atoms with Crippen LogP contribution in [0, 0.1) is 13.8 Å². The molecule has 2 aromatic carbocycles. The Hall–Kier alpha value is -2.76.